The molecule has 1 aromatic heterocycles. The number of aryl methyl sites for hydroxylation is 1. The van der Waals surface area contributed by atoms with Gasteiger partial charge < -0.3 is 19.5 Å². The van der Waals surface area contributed by atoms with Gasteiger partial charge in [0.15, 0.2) is 5.76 Å². The highest BCUT2D eigenvalue weighted by atomic mass is 35.5. The van der Waals surface area contributed by atoms with Crippen LogP contribution >= 0.6 is 11.6 Å². The maximum atomic E-state index is 10.6. The van der Waals surface area contributed by atoms with Crippen molar-refractivity contribution in [2.75, 3.05) is 19.6 Å². The molecule has 0 radical (unpaired) electrons. The number of carbonyl (C=O) groups is 1. The number of halogens is 4. The Morgan fingerprint density at radius 3 is 2.34 bits per heavy atom. The number of hydrogen-bond donors (Lipinski definition) is 2. The van der Waals surface area contributed by atoms with Gasteiger partial charge in [-0.1, -0.05) is 54.0 Å². The van der Waals surface area contributed by atoms with Crippen LogP contribution < -0.4 is 4.74 Å². The number of aliphatic carboxylic acids is 1. The summed E-state index contributed by atoms with van der Waals surface area (Å²) in [4.78, 5) is 11.3. The van der Waals surface area contributed by atoms with Crippen molar-refractivity contribution in [1.29, 1.82) is 0 Å². The minimum Gasteiger partial charge on any atom is -0.508 e. The summed E-state index contributed by atoms with van der Waals surface area (Å²) < 4.78 is 43.8. The summed E-state index contributed by atoms with van der Waals surface area (Å²) in [6.45, 7) is 7.21. The van der Waals surface area contributed by atoms with E-state index in [1.807, 2.05) is 61.5 Å². The van der Waals surface area contributed by atoms with Gasteiger partial charge in [0, 0.05) is 24.2 Å². The molecule has 216 valence electrons. The maximum absolute atomic E-state index is 10.6. The number of likely N-dealkylation sites (tertiary alicyclic amines) is 1. The smallest absolute Gasteiger partial charge is 0.490 e. The van der Waals surface area contributed by atoms with Gasteiger partial charge in [0.2, 0.25) is 0 Å². The number of benzene rings is 3. The van der Waals surface area contributed by atoms with Crippen LogP contribution in [-0.2, 0) is 4.79 Å². The first-order chi connectivity index (χ1) is 19.5. The Balaban J connectivity index is 0.000000493. The molecule has 1 aliphatic heterocycles. The fraction of sp³-hybridized carbons (Fsp3) is 0.267. The Kier molecular flexibility index (Phi) is 9.25. The SMILES string of the molecule is CCCN1CC(Oc2ccc(-c3c(-c4ccccc4Cl)noc3-c3ccc(O)cc3C)cc2)C1.O=C(O)C(F)(F)F. The van der Waals surface area contributed by atoms with Gasteiger partial charge in [-0.25, -0.2) is 4.79 Å². The molecule has 1 aliphatic rings. The van der Waals surface area contributed by atoms with Crippen LogP contribution in [0, 0.1) is 6.92 Å². The number of carboxylic acid groups (broad SMARTS) is 1. The zero-order chi connectivity index (χ0) is 29.7. The predicted molar refractivity (Wildman–Crippen MR) is 149 cm³/mol. The fourth-order valence-corrected chi connectivity index (χ4v) is 4.70. The molecule has 2 heterocycles. The Hall–Kier alpha value is -4.02. The van der Waals surface area contributed by atoms with E-state index < -0.39 is 12.1 Å². The van der Waals surface area contributed by atoms with Gasteiger partial charge in [-0.05, 0) is 67.4 Å². The third-order valence-electron chi connectivity index (χ3n) is 6.43. The van der Waals surface area contributed by atoms with Gasteiger partial charge in [-0.2, -0.15) is 13.2 Å². The van der Waals surface area contributed by atoms with E-state index in [-0.39, 0.29) is 11.9 Å². The van der Waals surface area contributed by atoms with Crippen molar-refractivity contribution in [1.82, 2.24) is 10.1 Å². The molecule has 1 fully saturated rings. The second kappa shape index (κ2) is 12.7. The van der Waals surface area contributed by atoms with E-state index in [0.717, 1.165) is 59.6 Å². The summed E-state index contributed by atoms with van der Waals surface area (Å²) in [6, 6.07) is 20.9. The number of nitrogens with zero attached hydrogens (tertiary/aromatic N) is 2. The van der Waals surface area contributed by atoms with Gasteiger partial charge >= 0.3 is 12.1 Å². The van der Waals surface area contributed by atoms with Crippen molar-refractivity contribution in [3.63, 3.8) is 0 Å². The van der Waals surface area contributed by atoms with E-state index >= 15 is 0 Å². The number of ether oxygens (including phenoxy) is 1. The highest BCUT2D eigenvalue weighted by Crippen LogP contribution is 2.43. The van der Waals surface area contributed by atoms with Crippen LogP contribution in [0.4, 0.5) is 13.2 Å². The highest BCUT2D eigenvalue weighted by molar-refractivity contribution is 6.33. The lowest BCUT2D eigenvalue weighted by molar-refractivity contribution is -0.192. The normalized spacial score (nSPS) is 13.7. The second-order valence-electron chi connectivity index (χ2n) is 9.54. The number of phenolic OH excluding ortho intramolecular Hbond substituents is 1. The lowest BCUT2D eigenvalue weighted by Crippen LogP contribution is -2.53. The average Bonchev–Trinajstić information content (AvgIpc) is 3.32. The summed E-state index contributed by atoms with van der Waals surface area (Å²) >= 11 is 6.53. The number of aromatic nitrogens is 1. The summed E-state index contributed by atoms with van der Waals surface area (Å²) in [5, 5.41) is 22.0. The number of rotatable bonds is 7. The predicted octanol–water partition coefficient (Wildman–Crippen LogP) is 7.45. The van der Waals surface area contributed by atoms with Crippen molar-refractivity contribution in [2.24, 2.45) is 0 Å². The Morgan fingerprint density at radius 2 is 1.76 bits per heavy atom. The van der Waals surface area contributed by atoms with Crippen molar-refractivity contribution in [3.8, 4) is 45.2 Å². The topological polar surface area (TPSA) is 96.0 Å². The van der Waals surface area contributed by atoms with Crippen molar-refractivity contribution >= 4 is 17.6 Å². The number of carboxylic acids is 1. The van der Waals surface area contributed by atoms with Gasteiger partial charge in [0.1, 0.15) is 23.3 Å². The molecule has 0 bridgehead atoms. The van der Waals surface area contributed by atoms with Gasteiger partial charge in [-0.3, -0.25) is 4.90 Å². The monoisotopic (exact) mass is 588 g/mol. The lowest BCUT2D eigenvalue weighted by Gasteiger charge is -2.38. The largest absolute Gasteiger partial charge is 0.508 e. The third-order valence-corrected chi connectivity index (χ3v) is 6.76. The fourth-order valence-electron chi connectivity index (χ4n) is 4.47. The zero-order valence-electron chi connectivity index (χ0n) is 22.3. The van der Waals surface area contributed by atoms with Crippen LogP contribution in [0.2, 0.25) is 5.02 Å². The molecule has 41 heavy (non-hydrogen) atoms. The Morgan fingerprint density at radius 1 is 1.10 bits per heavy atom. The quantitative estimate of drug-likeness (QED) is 0.231. The first kappa shape index (κ1) is 30.0. The molecule has 0 aliphatic carbocycles. The number of aromatic hydroxyl groups is 1. The second-order valence-corrected chi connectivity index (χ2v) is 9.95. The number of hydrogen-bond acceptors (Lipinski definition) is 6. The first-order valence-corrected chi connectivity index (χ1v) is 13.2. The van der Waals surface area contributed by atoms with Crippen LogP contribution in [0.1, 0.15) is 18.9 Å². The Bertz CT molecular complexity index is 1500. The Labute approximate surface area is 239 Å². The molecular weight excluding hydrogens is 561 g/mol. The van der Waals surface area contributed by atoms with Gasteiger partial charge in [0.05, 0.1) is 10.6 Å². The molecule has 0 saturated carbocycles. The lowest BCUT2D eigenvalue weighted by atomic mass is 9.94. The third kappa shape index (κ3) is 7.20. The molecule has 1 saturated heterocycles. The number of phenols is 1. The van der Waals surface area contributed by atoms with Crippen LogP contribution in [0.15, 0.2) is 71.3 Å². The molecule has 2 N–H and O–H groups in total. The first-order valence-electron chi connectivity index (χ1n) is 12.8. The number of alkyl halides is 3. The molecule has 0 unspecified atom stereocenters. The molecule has 5 rings (SSSR count). The molecule has 3 aromatic carbocycles. The minimum atomic E-state index is -5.08. The van der Waals surface area contributed by atoms with E-state index in [4.69, 9.17) is 30.8 Å². The van der Waals surface area contributed by atoms with Crippen molar-refractivity contribution < 1.29 is 37.4 Å². The van der Waals surface area contributed by atoms with Crippen LogP contribution in [0.3, 0.4) is 0 Å². The zero-order valence-corrected chi connectivity index (χ0v) is 23.0. The summed E-state index contributed by atoms with van der Waals surface area (Å²) in [5.41, 5.74) is 5.04. The highest BCUT2D eigenvalue weighted by Gasteiger charge is 2.38. The van der Waals surface area contributed by atoms with E-state index in [1.54, 1.807) is 12.1 Å². The van der Waals surface area contributed by atoms with Crippen LogP contribution in [-0.4, -0.2) is 58.2 Å². The van der Waals surface area contributed by atoms with E-state index in [2.05, 4.69) is 17.0 Å². The van der Waals surface area contributed by atoms with Crippen molar-refractivity contribution in [2.45, 2.75) is 32.5 Å². The summed E-state index contributed by atoms with van der Waals surface area (Å²) in [7, 11) is 0. The van der Waals surface area contributed by atoms with Crippen LogP contribution in [0.25, 0.3) is 33.7 Å². The van der Waals surface area contributed by atoms with Gasteiger partial charge in [0.25, 0.3) is 0 Å². The maximum Gasteiger partial charge on any atom is 0.490 e. The summed E-state index contributed by atoms with van der Waals surface area (Å²) in [5.74, 6) is -1.06. The van der Waals surface area contributed by atoms with Crippen molar-refractivity contribution in [3.05, 3.63) is 77.3 Å². The minimum absolute atomic E-state index is 0.212. The molecule has 7 nitrogen and oxygen atoms in total. The van der Waals surface area contributed by atoms with Gasteiger partial charge in [-0.15, -0.1) is 0 Å². The molecule has 0 spiro atoms. The van der Waals surface area contributed by atoms with E-state index in [1.165, 1.54) is 0 Å². The standard InChI is InChI=1S/C28H27ClN2O3.C2HF3O2/c1-3-14-31-16-22(17-31)33-21-11-8-19(9-12-21)26-27(24-6-4-5-7-25(24)29)30-34-28(26)23-13-10-20(32)15-18(23)2;3-2(4,5)1(6)7/h4-13,15,22,32H,3,14,16-17H2,1-2H3;(H,6,7). The molecule has 4 aromatic rings. The average molecular weight is 589 g/mol. The van der Waals surface area contributed by atoms with E-state index in [0.29, 0.717) is 16.5 Å². The molecule has 0 atom stereocenters. The van der Waals surface area contributed by atoms with Crippen LogP contribution in [0.5, 0.6) is 11.5 Å². The summed E-state index contributed by atoms with van der Waals surface area (Å²) in [6.07, 6.45) is -3.68. The molecule has 0 amide bonds. The molecule has 11 heteroatoms. The van der Waals surface area contributed by atoms with E-state index in [9.17, 15) is 18.3 Å². The molecular formula is C30H28ClF3N2O5.